The van der Waals surface area contributed by atoms with E-state index in [-0.39, 0.29) is 17.6 Å². The van der Waals surface area contributed by atoms with Crippen LogP contribution in [0.3, 0.4) is 0 Å². The van der Waals surface area contributed by atoms with Gasteiger partial charge in [0.1, 0.15) is 0 Å². The molecule has 2 rings (SSSR count). The fraction of sp³-hybridized carbons (Fsp3) is 0.0769. The van der Waals surface area contributed by atoms with Gasteiger partial charge in [0.15, 0.2) is 0 Å². The number of carbonyl (C=O) groups excluding carboxylic acids is 2. The van der Waals surface area contributed by atoms with Crippen molar-refractivity contribution in [3.63, 3.8) is 0 Å². The molecule has 0 unspecified atom stereocenters. The highest BCUT2D eigenvalue weighted by molar-refractivity contribution is 8.00. The Balaban J connectivity index is 1.78. The van der Waals surface area contributed by atoms with Crippen LogP contribution in [0.2, 0.25) is 5.02 Å². The van der Waals surface area contributed by atoms with Gasteiger partial charge in [-0.15, -0.1) is 23.1 Å². The van der Waals surface area contributed by atoms with E-state index in [1.165, 1.54) is 23.1 Å². The van der Waals surface area contributed by atoms with E-state index in [1.807, 2.05) is 0 Å². The van der Waals surface area contributed by atoms with Crippen LogP contribution in [0, 0.1) is 0 Å². The van der Waals surface area contributed by atoms with Crippen LogP contribution in [0.4, 0.5) is 5.69 Å². The van der Waals surface area contributed by atoms with Crippen LogP contribution in [0.5, 0.6) is 0 Å². The lowest BCUT2D eigenvalue weighted by Gasteiger charge is -2.07. The number of benzene rings is 1. The molecular weight excluding hydrogens is 330 g/mol. The predicted molar refractivity (Wildman–Crippen MR) is 86.5 cm³/mol. The average Bonchev–Trinajstić information content (AvgIpc) is 2.98. The second-order valence-electron chi connectivity index (χ2n) is 3.96. The number of amides is 2. The van der Waals surface area contributed by atoms with Gasteiger partial charge in [0.25, 0.3) is 5.91 Å². The van der Waals surface area contributed by atoms with Crippen LogP contribution in [0.15, 0.2) is 40.6 Å². The van der Waals surface area contributed by atoms with Gasteiger partial charge in [-0.25, -0.2) is 0 Å². The lowest BCUT2D eigenvalue weighted by Crippen LogP contribution is -2.42. The molecule has 0 aliphatic carbocycles. The van der Waals surface area contributed by atoms with Gasteiger partial charge < -0.3 is 5.73 Å². The summed E-state index contributed by atoms with van der Waals surface area (Å²) in [7, 11) is 0. The number of thiophene rings is 1. The molecule has 0 atom stereocenters. The molecule has 4 N–H and O–H groups in total. The fourth-order valence-electron chi connectivity index (χ4n) is 1.41. The van der Waals surface area contributed by atoms with Gasteiger partial charge >= 0.3 is 0 Å². The van der Waals surface area contributed by atoms with Crippen molar-refractivity contribution in [2.24, 2.45) is 0 Å². The highest BCUT2D eigenvalue weighted by atomic mass is 35.5. The molecule has 0 saturated heterocycles. The minimum absolute atomic E-state index is 0.133. The SMILES string of the molecule is Nc1ccc(SCC(=O)NNC(=O)c2cccs2)c(Cl)c1. The molecular formula is C13H12ClN3O2S2. The van der Waals surface area contributed by atoms with Crippen molar-refractivity contribution in [2.75, 3.05) is 11.5 Å². The molecule has 21 heavy (non-hydrogen) atoms. The van der Waals surface area contributed by atoms with E-state index in [4.69, 9.17) is 17.3 Å². The number of nitrogen functional groups attached to an aromatic ring is 1. The highest BCUT2D eigenvalue weighted by Crippen LogP contribution is 2.28. The summed E-state index contributed by atoms with van der Waals surface area (Å²) in [5, 5.41) is 2.28. The van der Waals surface area contributed by atoms with E-state index >= 15 is 0 Å². The Morgan fingerprint density at radius 2 is 2.10 bits per heavy atom. The first-order valence-electron chi connectivity index (χ1n) is 5.87. The Morgan fingerprint density at radius 3 is 2.76 bits per heavy atom. The van der Waals surface area contributed by atoms with E-state index in [1.54, 1.807) is 35.7 Å². The van der Waals surface area contributed by atoms with Crippen molar-refractivity contribution in [3.8, 4) is 0 Å². The first-order chi connectivity index (χ1) is 10.1. The van der Waals surface area contributed by atoms with Crippen molar-refractivity contribution in [1.82, 2.24) is 10.9 Å². The van der Waals surface area contributed by atoms with Crippen molar-refractivity contribution in [3.05, 3.63) is 45.6 Å². The second kappa shape index (κ2) is 7.35. The number of hydrogen-bond donors (Lipinski definition) is 3. The summed E-state index contributed by atoms with van der Waals surface area (Å²) >= 11 is 8.57. The van der Waals surface area contributed by atoms with Crippen molar-refractivity contribution in [1.29, 1.82) is 0 Å². The van der Waals surface area contributed by atoms with Gasteiger partial charge in [0.05, 0.1) is 15.7 Å². The largest absolute Gasteiger partial charge is 0.399 e. The summed E-state index contributed by atoms with van der Waals surface area (Å²) in [6, 6.07) is 8.53. The summed E-state index contributed by atoms with van der Waals surface area (Å²) in [6.45, 7) is 0. The first kappa shape index (κ1) is 15.7. The third kappa shape index (κ3) is 4.66. The quantitative estimate of drug-likeness (QED) is 0.453. The molecule has 0 bridgehead atoms. The van der Waals surface area contributed by atoms with E-state index in [9.17, 15) is 9.59 Å². The van der Waals surface area contributed by atoms with E-state index in [0.29, 0.717) is 15.6 Å². The molecule has 110 valence electrons. The maximum Gasteiger partial charge on any atom is 0.279 e. The zero-order valence-electron chi connectivity index (χ0n) is 10.8. The molecule has 5 nitrogen and oxygen atoms in total. The van der Waals surface area contributed by atoms with E-state index in [2.05, 4.69) is 10.9 Å². The number of carbonyl (C=O) groups is 2. The number of halogens is 1. The van der Waals surface area contributed by atoms with Crippen LogP contribution in [-0.2, 0) is 4.79 Å². The van der Waals surface area contributed by atoms with Crippen LogP contribution < -0.4 is 16.6 Å². The zero-order chi connectivity index (χ0) is 15.2. The summed E-state index contributed by atoms with van der Waals surface area (Å²) in [6.07, 6.45) is 0. The van der Waals surface area contributed by atoms with E-state index in [0.717, 1.165) is 4.90 Å². The number of thioether (sulfide) groups is 1. The Hall–Kier alpha value is -1.70. The maximum atomic E-state index is 11.7. The van der Waals surface area contributed by atoms with Crippen molar-refractivity contribution < 1.29 is 9.59 Å². The first-order valence-corrected chi connectivity index (χ1v) is 8.11. The van der Waals surface area contributed by atoms with Crippen molar-refractivity contribution >= 4 is 52.2 Å². The Morgan fingerprint density at radius 1 is 1.29 bits per heavy atom. The monoisotopic (exact) mass is 341 g/mol. The van der Waals surface area contributed by atoms with Gasteiger partial charge in [-0.1, -0.05) is 17.7 Å². The predicted octanol–water partition coefficient (Wildman–Crippen LogP) is 2.54. The minimum atomic E-state index is -0.339. The normalized spacial score (nSPS) is 10.1. The Labute approximate surface area is 134 Å². The van der Waals surface area contributed by atoms with Crippen LogP contribution in [0.25, 0.3) is 0 Å². The molecule has 0 saturated carbocycles. The fourth-order valence-corrected chi connectivity index (χ4v) is 3.10. The summed E-state index contributed by atoms with van der Waals surface area (Å²) in [5.74, 6) is -0.527. The number of rotatable bonds is 4. The van der Waals surface area contributed by atoms with Gasteiger partial charge in [-0.3, -0.25) is 20.4 Å². The number of anilines is 1. The van der Waals surface area contributed by atoms with Gasteiger partial charge in [0.2, 0.25) is 5.91 Å². The summed E-state index contributed by atoms with van der Waals surface area (Å²) in [5.41, 5.74) is 10.9. The topological polar surface area (TPSA) is 84.2 Å². The van der Waals surface area contributed by atoms with Gasteiger partial charge in [-0.05, 0) is 29.6 Å². The third-order valence-electron chi connectivity index (χ3n) is 2.38. The molecule has 8 heteroatoms. The molecule has 0 fully saturated rings. The molecule has 0 spiro atoms. The van der Waals surface area contributed by atoms with Gasteiger partial charge in [-0.2, -0.15) is 0 Å². The highest BCUT2D eigenvalue weighted by Gasteiger charge is 2.09. The molecule has 1 aromatic carbocycles. The van der Waals surface area contributed by atoms with Crippen LogP contribution >= 0.6 is 34.7 Å². The smallest absolute Gasteiger partial charge is 0.279 e. The minimum Gasteiger partial charge on any atom is -0.399 e. The Bertz CT molecular complexity index is 647. The maximum absolute atomic E-state index is 11.7. The lowest BCUT2D eigenvalue weighted by molar-refractivity contribution is -0.119. The second-order valence-corrected chi connectivity index (χ2v) is 6.33. The van der Waals surface area contributed by atoms with Crippen LogP contribution in [-0.4, -0.2) is 17.6 Å². The van der Waals surface area contributed by atoms with Crippen LogP contribution in [0.1, 0.15) is 9.67 Å². The summed E-state index contributed by atoms with van der Waals surface area (Å²) in [4.78, 5) is 24.6. The number of hydrogen-bond acceptors (Lipinski definition) is 5. The number of nitrogens with one attached hydrogen (secondary N) is 2. The number of nitrogens with two attached hydrogens (primary N) is 1. The molecule has 0 aliphatic heterocycles. The zero-order valence-corrected chi connectivity index (χ0v) is 13.1. The third-order valence-corrected chi connectivity index (χ3v) is 4.74. The molecule has 1 heterocycles. The van der Waals surface area contributed by atoms with Gasteiger partial charge in [0, 0.05) is 10.6 Å². The van der Waals surface area contributed by atoms with E-state index < -0.39 is 0 Å². The average molecular weight is 342 g/mol. The summed E-state index contributed by atoms with van der Waals surface area (Å²) < 4.78 is 0. The molecule has 0 aliphatic rings. The standard InChI is InChI=1S/C13H12ClN3O2S2/c14-9-6-8(15)3-4-10(9)21-7-12(18)16-17-13(19)11-2-1-5-20-11/h1-6H,7,15H2,(H,16,18)(H,17,19). The molecule has 2 amide bonds. The Kier molecular flexibility index (Phi) is 5.49. The molecule has 1 aromatic heterocycles. The molecule has 0 radical (unpaired) electrons. The van der Waals surface area contributed by atoms with Crippen molar-refractivity contribution in [2.45, 2.75) is 4.90 Å². The molecule has 2 aromatic rings. The lowest BCUT2D eigenvalue weighted by atomic mass is 10.3. The number of hydrazine groups is 1.